The van der Waals surface area contributed by atoms with E-state index >= 15 is 0 Å². The maximum Gasteiger partial charge on any atom is 0.338 e. The van der Waals surface area contributed by atoms with E-state index in [1.807, 2.05) is 11.8 Å². The van der Waals surface area contributed by atoms with Crippen LogP contribution in [-0.2, 0) is 9.53 Å². The van der Waals surface area contributed by atoms with Crippen LogP contribution in [0.1, 0.15) is 49.4 Å². The van der Waals surface area contributed by atoms with Crippen LogP contribution in [-0.4, -0.2) is 43.0 Å². The number of esters is 1. The molecule has 8 heteroatoms. The standard InChI is InChI=1S/C18H25N3O5/c1-2-3-9-19-17(22)13-26-18(23)14-7-8-15(16(12-14)21(24)25)20-10-5-4-6-11-20/h7-8,12H,2-6,9-11,13H2,1H3,(H,19,22). The maximum absolute atomic E-state index is 12.1. The second kappa shape index (κ2) is 9.74. The number of nitrogens with zero attached hydrogens (tertiary/aromatic N) is 2. The molecule has 1 aromatic carbocycles. The van der Waals surface area contributed by atoms with Gasteiger partial charge < -0.3 is 15.0 Å². The fourth-order valence-electron chi connectivity index (χ4n) is 2.87. The van der Waals surface area contributed by atoms with Gasteiger partial charge in [0, 0.05) is 25.7 Å². The summed E-state index contributed by atoms with van der Waals surface area (Å²) in [5, 5.41) is 14.1. The Morgan fingerprint density at radius 3 is 2.65 bits per heavy atom. The summed E-state index contributed by atoms with van der Waals surface area (Å²) in [6.45, 7) is 3.67. The molecular formula is C18H25N3O5. The van der Waals surface area contributed by atoms with Crippen molar-refractivity contribution in [3.05, 3.63) is 33.9 Å². The van der Waals surface area contributed by atoms with E-state index in [9.17, 15) is 19.7 Å². The third kappa shape index (κ3) is 5.44. The van der Waals surface area contributed by atoms with Crippen LogP contribution in [0.3, 0.4) is 0 Å². The molecule has 8 nitrogen and oxygen atoms in total. The van der Waals surface area contributed by atoms with Crippen LogP contribution in [0, 0.1) is 10.1 Å². The quantitative estimate of drug-likeness (QED) is 0.330. The van der Waals surface area contributed by atoms with Gasteiger partial charge in [0.05, 0.1) is 10.5 Å². The molecule has 0 saturated carbocycles. The van der Waals surface area contributed by atoms with Gasteiger partial charge in [-0.25, -0.2) is 4.79 Å². The van der Waals surface area contributed by atoms with Crippen LogP contribution in [0.5, 0.6) is 0 Å². The summed E-state index contributed by atoms with van der Waals surface area (Å²) >= 11 is 0. The molecule has 0 atom stereocenters. The summed E-state index contributed by atoms with van der Waals surface area (Å²) in [5.41, 5.74) is 0.469. The van der Waals surface area contributed by atoms with Crippen LogP contribution in [0.15, 0.2) is 18.2 Å². The second-order valence-corrected chi connectivity index (χ2v) is 6.29. The number of benzene rings is 1. The molecular weight excluding hydrogens is 338 g/mol. The molecule has 1 aliphatic rings. The molecule has 1 amide bonds. The van der Waals surface area contributed by atoms with Crippen molar-refractivity contribution in [1.29, 1.82) is 0 Å². The first-order chi connectivity index (χ1) is 12.5. The predicted molar refractivity (Wildman–Crippen MR) is 97.4 cm³/mol. The van der Waals surface area contributed by atoms with Gasteiger partial charge >= 0.3 is 5.97 Å². The third-order valence-corrected chi connectivity index (χ3v) is 4.29. The second-order valence-electron chi connectivity index (χ2n) is 6.29. The maximum atomic E-state index is 12.1. The Balaban J connectivity index is 2.02. The van der Waals surface area contributed by atoms with Gasteiger partial charge in [-0.2, -0.15) is 0 Å². The van der Waals surface area contributed by atoms with Gasteiger partial charge in [-0.15, -0.1) is 0 Å². The molecule has 1 aromatic rings. The van der Waals surface area contributed by atoms with Crippen LogP contribution in [0.4, 0.5) is 11.4 Å². The number of unbranched alkanes of at least 4 members (excludes halogenated alkanes) is 1. The minimum Gasteiger partial charge on any atom is -0.452 e. The van der Waals surface area contributed by atoms with Gasteiger partial charge in [0.15, 0.2) is 6.61 Å². The van der Waals surface area contributed by atoms with E-state index in [1.54, 1.807) is 6.07 Å². The number of rotatable bonds is 8. The lowest BCUT2D eigenvalue weighted by atomic mass is 10.1. The van der Waals surface area contributed by atoms with Crippen molar-refractivity contribution in [2.45, 2.75) is 39.0 Å². The largest absolute Gasteiger partial charge is 0.452 e. The summed E-state index contributed by atoms with van der Waals surface area (Å²) in [6, 6.07) is 4.32. The molecule has 26 heavy (non-hydrogen) atoms. The highest BCUT2D eigenvalue weighted by molar-refractivity contribution is 5.93. The average Bonchev–Trinajstić information content (AvgIpc) is 2.66. The van der Waals surface area contributed by atoms with Crippen molar-refractivity contribution >= 4 is 23.3 Å². The van der Waals surface area contributed by atoms with E-state index in [2.05, 4.69) is 5.32 Å². The molecule has 0 aromatic heterocycles. The van der Waals surface area contributed by atoms with E-state index in [4.69, 9.17) is 4.74 Å². The van der Waals surface area contributed by atoms with Crippen LogP contribution in [0.25, 0.3) is 0 Å². The van der Waals surface area contributed by atoms with E-state index in [1.165, 1.54) is 12.1 Å². The van der Waals surface area contributed by atoms with Crippen molar-refractivity contribution in [1.82, 2.24) is 5.32 Å². The molecule has 0 bridgehead atoms. The summed E-state index contributed by atoms with van der Waals surface area (Å²) < 4.78 is 4.95. The lowest BCUT2D eigenvalue weighted by Gasteiger charge is -2.28. The van der Waals surface area contributed by atoms with Crippen LogP contribution >= 0.6 is 0 Å². The van der Waals surface area contributed by atoms with E-state index in [0.717, 1.165) is 45.2 Å². The smallest absolute Gasteiger partial charge is 0.338 e. The molecule has 0 radical (unpaired) electrons. The Labute approximate surface area is 152 Å². The number of carbonyl (C=O) groups is 2. The van der Waals surface area contributed by atoms with Gasteiger partial charge in [-0.1, -0.05) is 13.3 Å². The number of hydrogen-bond acceptors (Lipinski definition) is 6. The molecule has 1 aliphatic heterocycles. The number of ether oxygens (including phenoxy) is 1. The topological polar surface area (TPSA) is 102 Å². The fourth-order valence-corrected chi connectivity index (χ4v) is 2.87. The molecule has 0 spiro atoms. The lowest BCUT2D eigenvalue weighted by molar-refractivity contribution is -0.384. The Hall–Kier alpha value is -2.64. The average molecular weight is 363 g/mol. The minimum absolute atomic E-state index is 0.0683. The van der Waals surface area contributed by atoms with E-state index < -0.39 is 17.5 Å². The van der Waals surface area contributed by atoms with E-state index in [-0.39, 0.29) is 17.2 Å². The number of nitro groups is 1. The SMILES string of the molecule is CCCCNC(=O)COC(=O)c1ccc(N2CCCCC2)c([N+](=O)[O-])c1. The molecule has 1 saturated heterocycles. The summed E-state index contributed by atoms with van der Waals surface area (Å²) in [6.07, 6.45) is 4.91. The van der Waals surface area contributed by atoms with Crippen LogP contribution < -0.4 is 10.2 Å². The fraction of sp³-hybridized carbons (Fsp3) is 0.556. The van der Waals surface area contributed by atoms with Crippen molar-refractivity contribution in [2.75, 3.05) is 31.1 Å². The highest BCUT2D eigenvalue weighted by Crippen LogP contribution is 2.31. The number of nitrogens with one attached hydrogen (secondary N) is 1. The molecule has 1 heterocycles. The molecule has 2 rings (SSSR count). The monoisotopic (exact) mass is 363 g/mol. The summed E-state index contributed by atoms with van der Waals surface area (Å²) in [7, 11) is 0. The van der Waals surface area contributed by atoms with Gasteiger partial charge in [0.2, 0.25) is 0 Å². The number of anilines is 1. The Morgan fingerprint density at radius 1 is 1.27 bits per heavy atom. The van der Waals surface area contributed by atoms with Gasteiger partial charge in [-0.05, 0) is 37.8 Å². The summed E-state index contributed by atoms with van der Waals surface area (Å²) in [5.74, 6) is -1.13. The van der Waals surface area contributed by atoms with Gasteiger partial charge in [0.25, 0.3) is 11.6 Å². The van der Waals surface area contributed by atoms with Crippen molar-refractivity contribution in [3.8, 4) is 0 Å². The molecule has 0 aliphatic carbocycles. The van der Waals surface area contributed by atoms with Crippen LogP contribution in [0.2, 0.25) is 0 Å². The first kappa shape index (κ1) is 19.7. The normalized spacial score (nSPS) is 14.0. The third-order valence-electron chi connectivity index (χ3n) is 4.29. The zero-order chi connectivity index (χ0) is 18.9. The predicted octanol–water partition coefficient (Wildman–Crippen LogP) is 2.66. The number of carbonyl (C=O) groups excluding carboxylic acids is 2. The Morgan fingerprint density at radius 2 is 2.00 bits per heavy atom. The van der Waals surface area contributed by atoms with Crippen molar-refractivity contribution in [2.24, 2.45) is 0 Å². The first-order valence-electron chi connectivity index (χ1n) is 9.00. The lowest BCUT2D eigenvalue weighted by Crippen LogP contribution is -2.30. The highest BCUT2D eigenvalue weighted by atomic mass is 16.6. The number of nitro benzene ring substituents is 1. The Kier molecular flexibility index (Phi) is 7.37. The molecule has 142 valence electrons. The van der Waals surface area contributed by atoms with Crippen molar-refractivity contribution < 1.29 is 19.2 Å². The summed E-state index contributed by atoms with van der Waals surface area (Å²) in [4.78, 5) is 36.6. The van der Waals surface area contributed by atoms with Gasteiger partial charge in [0.1, 0.15) is 5.69 Å². The minimum atomic E-state index is -0.746. The number of amides is 1. The van der Waals surface area contributed by atoms with E-state index in [0.29, 0.717) is 12.2 Å². The first-order valence-corrected chi connectivity index (χ1v) is 9.00. The van der Waals surface area contributed by atoms with Gasteiger partial charge in [-0.3, -0.25) is 14.9 Å². The molecule has 1 fully saturated rings. The van der Waals surface area contributed by atoms with Crippen molar-refractivity contribution in [3.63, 3.8) is 0 Å². The molecule has 0 unspecified atom stereocenters. The molecule has 1 N–H and O–H groups in total. The highest BCUT2D eigenvalue weighted by Gasteiger charge is 2.23. The Bertz CT molecular complexity index is 656. The zero-order valence-electron chi connectivity index (χ0n) is 15.0. The zero-order valence-corrected chi connectivity index (χ0v) is 15.0. The number of hydrogen-bond donors (Lipinski definition) is 1. The number of piperidine rings is 1.